The normalized spacial score (nSPS) is 16.3. The number of piperazine rings is 1. The molecule has 27 heavy (non-hydrogen) atoms. The minimum absolute atomic E-state index is 0. The highest BCUT2D eigenvalue weighted by Crippen LogP contribution is 2.23. The van der Waals surface area contributed by atoms with Gasteiger partial charge in [0.05, 0.1) is 6.04 Å². The summed E-state index contributed by atoms with van der Waals surface area (Å²) in [5.74, 6) is -0.557. The van der Waals surface area contributed by atoms with Gasteiger partial charge in [-0.1, -0.05) is 12.1 Å². The summed E-state index contributed by atoms with van der Waals surface area (Å²) in [5.41, 5.74) is 6.31. The zero-order valence-electron chi connectivity index (χ0n) is 14.6. The van der Waals surface area contributed by atoms with E-state index < -0.39 is 5.91 Å². The second-order valence-electron chi connectivity index (χ2n) is 6.04. The number of hydrogen-bond acceptors (Lipinski definition) is 4. The van der Waals surface area contributed by atoms with Crippen LogP contribution in [0.4, 0.5) is 4.39 Å². The summed E-state index contributed by atoms with van der Waals surface area (Å²) in [6.45, 7) is 1.61. The van der Waals surface area contributed by atoms with Gasteiger partial charge in [-0.25, -0.2) is 4.39 Å². The van der Waals surface area contributed by atoms with E-state index in [9.17, 15) is 14.0 Å². The van der Waals surface area contributed by atoms with Gasteiger partial charge in [-0.2, -0.15) is 0 Å². The highest BCUT2D eigenvalue weighted by atomic mass is 35.5. The molecule has 6 nitrogen and oxygen atoms in total. The Balaban J connectivity index is 0.00000261. The maximum atomic E-state index is 13.5. The lowest BCUT2D eigenvalue weighted by Gasteiger charge is -2.36. The van der Waals surface area contributed by atoms with E-state index in [1.165, 1.54) is 12.1 Å². The molecule has 1 atom stereocenters. The fraction of sp³-hybridized carbons (Fsp3) is 0.263. The lowest BCUT2D eigenvalue weighted by atomic mass is 10.0. The fourth-order valence-corrected chi connectivity index (χ4v) is 2.96. The summed E-state index contributed by atoms with van der Waals surface area (Å²) >= 11 is 0. The molecule has 1 unspecified atom stereocenters. The van der Waals surface area contributed by atoms with Crippen LogP contribution in [0.25, 0.3) is 0 Å². The zero-order chi connectivity index (χ0) is 18.5. The molecule has 0 radical (unpaired) electrons. The molecule has 144 valence electrons. The van der Waals surface area contributed by atoms with Crippen molar-refractivity contribution in [2.75, 3.05) is 26.2 Å². The number of carbonyl (C=O) groups excluding carboxylic acids is 2. The summed E-state index contributed by atoms with van der Waals surface area (Å²) in [6.07, 6.45) is 0. The van der Waals surface area contributed by atoms with Crippen molar-refractivity contribution in [1.82, 2.24) is 10.2 Å². The minimum atomic E-state index is -0.522. The van der Waals surface area contributed by atoms with Crippen molar-refractivity contribution in [3.05, 3.63) is 65.5 Å². The Bertz CT molecular complexity index is 801. The standard InChI is InChI=1S/C19H20FN3O3.ClH/c20-15-3-1-2-14(10-15)17-11-22-8-9-23(17)18(24)12-26-16-6-4-13(5-7-16)19(21)25;/h1-7,10,17,22H,8-9,11-12H2,(H2,21,25);1H. The van der Waals surface area contributed by atoms with Gasteiger partial charge in [0.2, 0.25) is 5.91 Å². The smallest absolute Gasteiger partial charge is 0.261 e. The van der Waals surface area contributed by atoms with Crippen LogP contribution in [0.2, 0.25) is 0 Å². The van der Waals surface area contributed by atoms with Crippen LogP contribution in [-0.2, 0) is 4.79 Å². The summed E-state index contributed by atoms with van der Waals surface area (Å²) in [7, 11) is 0. The number of halogens is 2. The summed E-state index contributed by atoms with van der Waals surface area (Å²) < 4.78 is 19.1. The molecule has 8 heteroatoms. The Morgan fingerprint density at radius 2 is 1.96 bits per heavy atom. The van der Waals surface area contributed by atoms with E-state index in [4.69, 9.17) is 10.5 Å². The van der Waals surface area contributed by atoms with Crippen LogP contribution in [-0.4, -0.2) is 43.0 Å². The highest BCUT2D eigenvalue weighted by molar-refractivity contribution is 5.92. The first-order valence-electron chi connectivity index (χ1n) is 8.33. The molecule has 3 rings (SSSR count). The maximum absolute atomic E-state index is 13.5. The number of primary amides is 1. The van der Waals surface area contributed by atoms with E-state index in [0.717, 1.165) is 5.56 Å². The number of benzene rings is 2. The van der Waals surface area contributed by atoms with Gasteiger partial charge in [0, 0.05) is 25.2 Å². The molecule has 0 bridgehead atoms. The molecule has 0 aromatic heterocycles. The predicted octanol–water partition coefficient (Wildman–Crippen LogP) is 1.90. The van der Waals surface area contributed by atoms with Crippen molar-refractivity contribution in [1.29, 1.82) is 0 Å². The van der Waals surface area contributed by atoms with E-state index in [1.54, 1.807) is 35.2 Å². The molecule has 1 aliphatic heterocycles. The van der Waals surface area contributed by atoms with Crippen LogP contribution in [0, 0.1) is 5.82 Å². The van der Waals surface area contributed by atoms with Crippen molar-refractivity contribution in [2.45, 2.75) is 6.04 Å². The molecule has 1 saturated heterocycles. The van der Waals surface area contributed by atoms with Gasteiger partial charge in [0.25, 0.3) is 5.91 Å². The lowest BCUT2D eigenvalue weighted by molar-refractivity contribution is -0.136. The number of amides is 2. The van der Waals surface area contributed by atoms with Crippen molar-refractivity contribution < 1.29 is 18.7 Å². The summed E-state index contributed by atoms with van der Waals surface area (Å²) in [5, 5.41) is 3.23. The van der Waals surface area contributed by atoms with Crippen molar-refractivity contribution in [3.8, 4) is 5.75 Å². The quantitative estimate of drug-likeness (QED) is 0.812. The molecule has 1 aliphatic rings. The molecule has 1 fully saturated rings. The Labute approximate surface area is 162 Å². The second kappa shape index (κ2) is 9.34. The summed E-state index contributed by atoms with van der Waals surface area (Å²) in [4.78, 5) is 25.4. The maximum Gasteiger partial charge on any atom is 0.261 e. The fourth-order valence-electron chi connectivity index (χ4n) is 2.96. The highest BCUT2D eigenvalue weighted by Gasteiger charge is 2.28. The molecule has 2 aromatic rings. The number of rotatable bonds is 5. The van der Waals surface area contributed by atoms with Crippen LogP contribution in [0.5, 0.6) is 5.75 Å². The molecule has 0 spiro atoms. The minimum Gasteiger partial charge on any atom is -0.484 e. The SMILES string of the molecule is Cl.NC(=O)c1ccc(OCC(=O)N2CCNCC2c2cccc(F)c2)cc1. The number of carbonyl (C=O) groups is 2. The largest absolute Gasteiger partial charge is 0.484 e. The van der Waals surface area contributed by atoms with Crippen molar-refractivity contribution in [2.24, 2.45) is 5.73 Å². The van der Waals surface area contributed by atoms with Gasteiger partial charge in [-0.05, 0) is 42.0 Å². The van der Waals surface area contributed by atoms with Crippen LogP contribution in [0.15, 0.2) is 48.5 Å². The third-order valence-corrected chi connectivity index (χ3v) is 4.30. The zero-order valence-corrected chi connectivity index (χ0v) is 15.4. The number of nitrogens with one attached hydrogen (secondary N) is 1. The number of ether oxygens (including phenoxy) is 1. The van der Waals surface area contributed by atoms with Crippen LogP contribution in [0.3, 0.4) is 0 Å². The Hall–Kier alpha value is -2.64. The molecular weight excluding hydrogens is 373 g/mol. The predicted molar refractivity (Wildman–Crippen MR) is 101 cm³/mol. The van der Waals surface area contributed by atoms with E-state index in [-0.39, 0.29) is 36.8 Å². The van der Waals surface area contributed by atoms with Gasteiger partial charge >= 0.3 is 0 Å². The van der Waals surface area contributed by atoms with E-state index in [1.807, 2.05) is 6.07 Å². The van der Waals surface area contributed by atoms with Gasteiger partial charge in [0.15, 0.2) is 6.61 Å². The van der Waals surface area contributed by atoms with Gasteiger partial charge in [-0.3, -0.25) is 9.59 Å². The number of hydrogen-bond donors (Lipinski definition) is 2. The van der Waals surface area contributed by atoms with Gasteiger partial charge in [0.1, 0.15) is 11.6 Å². The average molecular weight is 394 g/mol. The Morgan fingerprint density at radius 1 is 1.22 bits per heavy atom. The van der Waals surface area contributed by atoms with Crippen LogP contribution >= 0.6 is 12.4 Å². The third kappa shape index (κ3) is 5.18. The molecule has 2 aromatic carbocycles. The lowest BCUT2D eigenvalue weighted by Crippen LogP contribution is -2.50. The molecule has 0 saturated carbocycles. The third-order valence-electron chi connectivity index (χ3n) is 4.30. The Morgan fingerprint density at radius 3 is 2.63 bits per heavy atom. The molecule has 2 amide bonds. The number of nitrogens with zero attached hydrogens (tertiary/aromatic N) is 1. The molecule has 0 aliphatic carbocycles. The topological polar surface area (TPSA) is 84.7 Å². The summed E-state index contributed by atoms with van der Waals surface area (Å²) in [6, 6.07) is 12.3. The van der Waals surface area contributed by atoms with E-state index in [0.29, 0.717) is 30.9 Å². The van der Waals surface area contributed by atoms with Gasteiger partial charge < -0.3 is 20.7 Å². The van der Waals surface area contributed by atoms with Crippen molar-refractivity contribution >= 4 is 24.2 Å². The molecular formula is C19H21ClFN3O3. The van der Waals surface area contributed by atoms with Crippen LogP contribution < -0.4 is 15.8 Å². The van der Waals surface area contributed by atoms with Gasteiger partial charge in [-0.15, -0.1) is 12.4 Å². The number of nitrogens with two attached hydrogens (primary N) is 1. The first-order chi connectivity index (χ1) is 12.5. The average Bonchev–Trinajstić information content (AvgIpc) is 2.66. The monoisotopic (exact) mass is 393 g/mol. The van der Waals surface area contributed by atoms with E-state index >= 15 is 0 Å². The Kier molecular flexibility index (Phi) is 7.15. The van der Waals surface area contributed by atoms with Crippen molar-refractivity contribution in [3.63, 3.8) is 0 Å². The van der Waals surface area contributed by atoms with E-state index in [2.05, 4.69) is 5.32 Å². The first-order valence-corrected chi connectivity index (χ1v) is 8.33. The molecule has 1 heterocycles. The second-order valence-corrected chi connectivity index (χ2v) is 6.04. The first kappa shape index (κ1) is 20.7. The molecule has 3 N–H and O–H groups in total. The van der Waals surface area contributed by atoms with Crippen LogP contribution in [0.1, 0.15) is 22.0 Å².